The van der Waals surface area contributed by atoms with Crippen molar-refractivity contribution >= 4 is 22.6 Å². The Labute approximate surface area is 93.5 Å². The van der Waals surface area contributed by atoms with Crippen molar-refractivity contribution in [2.24, 2.45) is 0 Å². The van der Waals surface area contributed by atoms with Crippen molar-refractivity contribution in [3.05, 3.63) is 0 Å². The van der Waals surface area contributed by atoms with Crippen LogP contribution in [0.3, 0.4) is 0 Å². The van der Waals surface area contributed by atoms with Crippen LogP contribution in [0.1, 0.15) is 32.6 Å². The van der Waals surface area contributed by atoms with E-state index < -0.39 is 0 Å². The second-order valence-electron chi connectivity index (χ2n) is 4.33. The predicted molar refractivity (Wildman–Crippen MR) is 60.4 cm³/mol. The van der Waals surface area contributed by atoms with Gasteiger partial charge in [0.05, 0.1) is 17.8 Å². The molecule has 0 spiro atoms. The van der Waals surface area contributed by atoms with Crippen LogP contribution in [0.5, 0.6) is 0 Å². The summed E-state index contributed by atoms with van der Waals surface area (Å²) in [6.45, 7) is 3.15. The summed E-state index contributed by atoms with van der Waals surface area (Å²) in [5.41, 5.74) is 0.122. The van der Waals surface area contributed by atoms with Crippen LogP contribution in [0.2, 0.25) is 0 Å². The van der Waals surface area contributed by atoms with Gasteiger partial charge >= 0.3 is 0 Å². The van der Waals surface area contributed by atoms with Gasteiger partial charge in [-0.15, -0.1) is 0 Å². The molecule has 3 heteroatoms. The number of rotatable bonds is 2. The zero-order chi connectivity index (χ0) is 9.31. The molecule has 0 aromatic rings. The zero-order valence-corrected chi connectivity index (χ0v) is 10.2. The SMILES string of the molecule is CC1(CI)CCC(C2CCCO2)O1. The highest BCUT2D eigenvalue weighted by atomic mass is 127. The average molecular weight is 296 g/mol. The first-order valence-corrected chi connectivity index (χ1v) is 6.61. The molecule has 2 heterocycles. The summed E-state index contributed by atoms with van der Waals surface area (Å²) >= 11 is 2.41. The molecule has 0 aromatic carbocycles. The molecule has 0 saturated carbocycles. The minimum atomic E-state index is 0.122. The molecule has 0 aromatic heterocycles. The highest BCUT2D eigenvalue weighted by Crippen LogP contribution is 2.36. The molecular formula is C10H17IO2. The molecule has 0 bridgehead atoms. The minimum Gasteiger partial charge on any atom is -0.376 e. The molecule has 2 aliphatic rings. The molecule has 2 saturated heterocycles. The molecule has 2 fully saturated rings. The lowest BCUT2D eigenvalue weighted by Gasteiger charge is -2.24. The third-order valence-corrected chi connectivity index (χ3v) is 4.67. The van der Waals surface area contributed by atoms with E-state index in [0.29, 0.717) is 12.2 Å². The maximum atomic E-state index is 6.05. The summed E-state index contributed by atoms with van der Waals surface area (Å²) in [6, 6.07) is 0. The Hall–Kier alpha value is 0.650. The number of alkyl halides is 1. The molecule has 0 radical (unpaired) electrons. The highest BCUT2D eigenvalue weighted by Gasteiger charge is 2.40. The molecular weight excluding hydrogens is 279 g/mol. The van der Waals surface area contributed by atoms with Crippen molar-refractivity contribution in [1.29, 1.82) is 0 Å². The van der Waals surface area contributed by atoms with Gasteiger partial charge in [0, 0.05) is 11.0 Å². The van der Waals surface area contributed by atoms with Crippen LogP contribution in [-0.2, 0) is 9.47 Å². The number of hydrogen-bond donors (Lipinski definition) is 0. The van der Waals surface area contributed by atoms with Crippen molar-refractivity contribution in [3.8, 4) is 0 Å². The highest BCUT2D eigenvalue weighted by molar-refractivity contribution is 14.1. The van der Waals surface area contributed by atoms with Crippen LogP contribution >= 0.6 is 22.6 Å². The molecule has 3 unspecified atom stereocenters. The number of halogens is 1. The van der Waals surface area contributed by atoms with Crippen molar-refractivity contribution in [1.82, 2.24) is 0 Å². The van der Waals surface area contributed by atoms with Crippen LogP contribution in [0.15, 0.2) is 0 Å². The van der Waals surface area contributed by atoms with E-state index in [1.807, 2.05) is 0 Å². The van der Waals surface area contributed by atoms with E-state index in [0.717, 1.165) is 11.0 Å². The van der Waals surface area contributed by atoms with Crippen LogP contribution in [0.25, 0.3) is 0 Å². The summed E-state index contributed by atoms with van der Waals surface area (Å²) < 4.78 is 12.8. The first-order chi connectivity index (χ1) is 6.23. The topological polar surface area (TPSA) is 18.5 Å². The Morgan fingerprint density at radius 3 is 2.77 bits per heavy atom. The van der Waals surface area contributed by atoms with E-state index in [4.69, 9.17) is 9.47 Å². The molecule has 2 aliphatic heterocycles. The molecule has 2 nitrogen and oxygen atoms in total. The van der Waals surface area contributed by atoms with Crippen molar-refractivity contribution < 1.29 is 9.47 Å². The minimum absolute atomic E-state index is 0.122. The maximum absolute atomic E-state index is 6.05. The summed E-state index contributed by atoms with van der Waals surface area (Å²) in [7, 11) is 0. The second kappa shape index (κ2) is 4.03. The average Bonchev–Trinajstić information content (AvgIpc) is 2.73. The lowest BCUT2D eigenvalue weighted by molar-refractivity contribution is -0.0739. The van der Waals surface area contributed by atoms with Gasteiger partial charge in [-0.3, -0.25) is 0 Å². The molecule has 2 rings (SSSR count). The smallest absolute Gasteiger partial charge is 0.0845 e. The molecule has 0 N–H and O–H groups in total. The third kappa shape index (κ3) is 2.18. The van der Waals surface area contributed by atoms with E-state index in [1.165, 1.54) is 25.7 Å². The molecule has 13 heavy (non-hydrogen) atoms. The van der Waals surface area contributed by atoms with Gasteiger partial charge in [0.1, 0.15) is 0 Å². The quantitative estimate of drug-likeness (QED) is 0.576. The van der Waals surface area contributed by atoms with Crippen molar-refractivity contribution in [2.75, 3.05) is 11.0 Å². The Balaban J connectivity index is 1.90. The van der Waals surface area contributed by atoms with E-state index in [9.17, 15) is 0 Å². The molecule has 0 aliphatic carbocycles. The van der Waals surface area contributed by atoms with E-state index >= 15 is 0 Å². The first-order valence-electron chi connectivity index (χ1n) is 5.09. The fraction of sp³-hybridized carbons (Fsp3) is 1.00. The van der Waals surface area contributed by atoms with Gasteiger partial charge in [-0.1, -0.05) is 22.6 Å². The van der Waals surface area contributed by atoms with Gasteiger partial charge in [0.25, 0.3) is 0 Å². The second-order valence-corrected chi connectivity index (χ2v) is 5.09. The van der Waals surface area contributed by atoms with Crippen molar-refractivity contribution in [2.45, 2.75) is 50.4 Å². The standard InChI is InChI=1S/C10H17IO2/c1-10(7-11)5-4-9(13-10)8-3-2-6-12-8/h8-9H,2-7H2,1H3. The lowest BCUT2D eigenvalue weighted by atomic mass is 10.0. The van der Waals surface area contributed by atoms with Crippen molar-refractivity contribution in [3.63, 3.8) is 0 Å². The van der Waals surface area contributed by atoms with Gasteiger partial charge in [-0.25, -0.2) is 0 Å². The molecule has 76 valence electrons. The zero-order valence-electron chi connectivity index (χ0n) is 8.09. The Morgan fingerprint density at radius 2 is 2.23 bits per heavy atom. The number of hydrogen-bond acceptors (Lipinski definition) is 2. The summed E-state index contributed by atoms with van der Waals surface area (Å²) in [4.78, 5) is 0. The fourth-order valence-electron chi connectivity index (χ4n) is 2.19. The largest absolute Gasteiger partial charge is 0.376 e. The van der Waals surface area contributed by atoms with E-state index in [2.05, 4.69) is 29.5 Å². The summed E-state index contributed by atoms with van der Waals surface area (Å²) in [6.07, 6.45) is 5.56. The van der Waals surface area contributed by atoms with Crippen LogP contribution in [0.4, 0.5) is 0 Å². The molecule has 0 amide bonds. The van der Waals surface area contributed by atoms with Crippen LogP contribution in [-0.4, -0.2) is 28.8 Å². The monoisotopic (exact) mass is 296 g/mol. The summed E-state index contributed by atoms with van der Waals surface area (Å²) in [5.74, 6) is 0. The van der Waals surface area contributed by atoms with Crippen LogP contribution < -0.4 is 0 Å². The molecule has 3 atom stereocenters. The Kier molecular flexibility index (Phi) is 3.15. The normalized spacial score (nSPS) is 45.7. The van der Waals surface area contributed by atoms with Gasteiger partial charge in [0.15, 0.2) is 0 Å². The number of ether oxygens (including phenoxy) is 2. The van der Waals surface area contributed by atoms with Gasteiger partial charge in [-0.2, -0.15) is 0 Å². The van der Waals surface area contributed by atoms with E-state index in [1.54, 1.807) is 0 Å². The van der Waals surface area contributed by atoms with E-state index in [-0.39, 0.29) is 5.60 Å². The first kappa shape index (κ1) is 10.2. The van der Waals surface area contributed by atoms with Gasteiger partial charge < -0.3 is 9.47 Å². The third-order valence-electron chi connectivity index (χ3n) is 3.06. The maximum Gasteiger partial charge on any atom is 0.0845 e. The van der Waals surface area contributed by atoms with Crippen LogP contribution in [0, 0.1) is 0 Å². The Bertz CT molecular complexity index is 180. The van der Waals surface area contributed by atoms with Gasteiger partial charge in [0.2, 0.25) is 0 Å². The lowest BCUT2D eigenvalue weighted by Crippen LogP contribution is -2.31. The predicted octanol–water partition coefficient (Wildman–Crippen LogP) is 2.54. The Morgan fingerprint density at radius 1 is 1.38 bits per heavy atom. The fourth-order valence-corrected chi connectivity index (χ4v) is 2.75. The van der Waals surface area contributed by atoms with Gasteiger partial charge in [-0.05, 0) is 32.6 Å². The summed E-state index contributed by atoms with van der Waals surface area (Å²) in [5, 5.41) is 0.